The average molecular weight is 252 g/mol. The van der Waals surface area contributed by atoms with E-state index in [0.29, 0.717) is 5.02 Å². The third kappa shape index (κ3) is 2.97. The Morgan fingerprint density at radius 2 is 1.88 bits per heavy atom. The molecular weight excluding hydrogens is 241 g/mol. The van der Waals surface area contributed by atoms with Crippen LogP contribution in [0, 0.1) is 0 Å². The van der Waals surface area contributed by atoms with Gasteiger partial charge in [-0.15, -0.1) is 0 Å². The highest BCUT2D eigenvalue weighted by molar-refractivity contribution is 6.35. The van der Waals surface area contributed by atoms with Crippen LogP contribution in [0.1, 0.15) is 11.3 Å². The number of halogens is 2. The van der Waals surface area contributed by atoms with Crippen molar-refractivity contribution in [1.29, 1.82) is 0 Å². The highest BCUT2D eigenvalue weighted by Gasteiger charge is 2.02. The first-order valence-corrected chi connectivity index (χ1v) is 5.85. The van der Waals surface area contributed by atoms with E-state index in [0.717, 1.165) is 29.1 Å². The Bertz CT molecular complexity index is 469. The summed E-state index contributed by atoms with van der Waals surface area (Å²) in [6, 6.07) is 11.5. The summed E-state index contributed by atoms with van der Waals surface area (Å²) in [4.78, 5) is 4.27. The normalized spacial score (nSPS) is 10.4. The Kier molecular flexibility index (Phi) is 3.81. The highest BCUT2D eigenvalue weighted by Crippen LogP contribution is 2.22. The summed E-state index contributed by atoms with van der Waals surface area (Å²) in [6.45, 7) is 0. The lowest BCUT2D eigenvalue weighted by molar-refractivity contribution is 0.914. The van der Waals surface area contributed by atoms with Gasteiger partial charge in [-0.1, -0.05) is 35.3 Å². The van der Waals surface area contributed by atoms with Gasteiger partial charge in [-0.25, -0.2) is 0 Å². The molecule has 2 aromatic rings. The van der Waals surface area contributed by atoms with Crippen LogP contribution >= 0.6 is 23.2 Å². The first-order chi connectivity index (χ1) is 7.75. The summed E-state index contributed by atoms with van der Waals surface area (Å²) < 4.78 is 0. The lowest BCUT2D eigenvalue weighted by Gasteiger charge is -2.04. The van der Waals surface area contributed by atoms with Crippen molar-refractivity contribution < 1.29 is 0 Å². The number of hydrogen-bond acceptors (Lipinski definition) is 1. The smallest absolute Gasteiger partial charge is 0.0452 e. The lowest BCUT2D eigenvalue weighted by atomic mass is 10.1. The van der Waals surface area contributed by atoms with E-state index in [-0.39, 0.29) is 0 Å². The Hall–Kier alpha value is -1.05. The van der Waals surface area contributed by atoms with Crippen LogP contribution in [0.25, 0.3) is 0 Å². The van der Waals surface area contributed by atoms with E-state index in [1.54, 1.807) is 12.3 Å². The standard InChI is InChI=1S/C13H11Cl2N/c14-11-6-4-10(13(15)9-11)5-7-12-3-1-2-8-16-12/h1-4,6,8-9H,5,7H2. The SMILES string of the molecule is Clc1ccc(CCc2ccccn2)c(Cl)c1. The van der Waals surface area contributed by atoms with Gasteiger partial charge in [-0.2, -0.15) is 0 Å². The number of rotatable bonds is 3. The summed E-state index contributed by atoms with van der Waals surface area (Å²) in [5.74, 6) is 0. The number of pyridine rings is 1. The van der Waals surface area contributed by atoms with Gasteiger partial charge in [0.05, 0.1) is 0 Å². The van der Waals surface area contributed by atoms with Crippen LogP contribution in [-0.2, 0) is 12.8 Å². The van der Waals surface area contributed by atoms with E-state index in [1.165, 1.54) is 0 Å². The summed E-state index contributed by atoms with van der Waals surface area (Å²) in [7, 11) is 0. The largest absolute Gasteiger partial charge is 0.261 e. The van der Waals surface area contributed by atoms with Crippen LogP contribution in [0.5, 0.6) is 0 Å². The molecule has 0 amide bonds. The van der Waals surface area contributed by atoms with Gasteiger partial charge >= 0.3 is 0 Å². The van der Waals surface area contributed by atoms with E-state index < -0.39 is 0 Å². The minimum atomic E-state index is 0.673. The quantitative estimate of drug-likeness (QED) is 0.798. The molecule has 0 spiro atoms. The minimum absolute atomic E-state index is 0.673. The third-order valence-electron chi connectivity index (χ3n) is 2.39. The molecule has 0 unspecified atom stereocenters. The topological polar surface area (TPSA) is 12.9 Å². The molecule has 3 heteroatoms. The zero-order chi connectivity index (χ0) is 11.4. The molecule has 82 valence electrons. The van der Waals surface area contributed by atoms with Gasteiger partial charge in [0.25, 0.3) is 0 Å². The van der Waals surface area contributed by atoms with E-state index >= 15 is 0 Å². The summed E-state index contributed by atoms with van der Waals surface area (Å²) in [6.07, 6.45) is 3.58. The maximum atomic E-state index is 6.09. The second-order valence-corrected chi connectivity index (χ2v) is 4.40. The predicted molar refractivity (Wildman–Crippen MR) is 68.1 cm³/mol. The molecule has 1 heterocycles. The Labute approximate surface area is 105 Å². The van der Waals surface area contributed by atoms with Crippen molar-refractivity contribution in [1.82, 2.24) is 4.98 Å². The van der Waals surface area contributed by atoms with Crippen molar-refractivity contribution in [3.8, 4) is 0 Å². The minimum Gasteiger partial charge on any atom is -0.261 e. The van der Waals surface area contributed by atoms with Crippen molar-refractivity contribution in [3.05, 3.63) is 63.9 Å². The fourth-order valence-electron chi connectivity index (χ4n) is 1.53. The maximum Gasteiger partial charge on any atom is 0.0452 e. The summed E-state index contributed by atoms with van der Waals surface area (Å²) >= 11 is 11.9. The molecule has 1 nitrogen and oxygen atoms in total. The molecule has 2 rings (SSSR count). The fourth-order valence-corrected chi connectivity index (χ4v) is 2.04. The second kappa shape index (κ2) is 5.33. The zero-order valence-corrected chi connectivity index (χ0v) is 10.2. The van der Waals surface area contributed by atoms with Crippen molar-refractivity contribution in [2.45, 2.75) is 12.8 Å². The predicted octanol–water partition coefficient (Wildman–Crippen LogP) is 4.17. The Morgan fingerprint density at radius 1 is 1.00 bits per heavy atom. The van der Waals surface area contributed by atoms with Crippen molar-refractivity contribution in [2.24, 2.45) is 0 Å². The number of aryl methyl sites for hydroxylation is 2. The van der Waals surface area contributed by atoms with Gasteiger partial charge < -0.3 is 0 Å². The molecule has 0 saturated carbocycles. The van der Waals surface area contributed by atoms with Crippen molar-refractivity contribution in [3.63, 3.8) is 0 Å². The van der Waals surface area contributed by atoms with Gasteiger partial charge in [0.1, 0.15) is 0 Å². The molecule has 1 aromatic carbocycles. The number of nitrogens with zero attached hydrogens (tertiary/aromatic N) is 1. The molecule has 0 aliphatic carbocycles. The Balaban J connectivity index is 2.05. The molecule has 0 radical (unpaired) electrons. The Morgan fingerprint density at radius 3 is 2.56 bits per heavy atom. The number of benzene rings is 1. The van der Waals surface area contributed by atoms with Crippen LogP contribution in [-0.4, -0.2) is 4.98 Å². The first-order valence-electron chi connectivity index (χ1n) is 5.09. The summed E-state index contributed by atoms with van der Waals surface area (Å²) in [5.41, 5.74) is 2.19. The van der Waals surface area contributed by atoms with Crippen LogP contribution < -0.4 is 0 Å². The third-order valence-corrected chi connectivity index (χ3v) is 2.98. The molecule has 0 bridgehead atoms. The van der Waals surface area contributed by atoms with Crippen LogP contribution in [0.2, 0.25) is 10.0 Å². The number of aromatic nitrogens is 1. The van der Waals surface area contributed by atoms with Crippen molar-refractivity contribution in [2.75, 3.05) is 0 Å². The average Bonchev–Trinajstić information content (AvgIpc) is 2.29. The fraction of sp³-hybridized carbons (Fsp3) is 0.154. The van der Waals surface area contributed by atoms with E-state index in [9.17, 15) is 0 Å². The van der Waals surface area contributed by atoms with E-state index in [2.05, 4.69) is 4.98 Å². The molecule has 1 aromatic heterocycles. The van der Waals surface area contributed by atoms with Gasteiger partial charge in [0.2, 0.25) is 0 Å². The molecule has 0 atom stereocenters. The second-order valence-electron chi connectivity index (χ2n) is 3.56. The van der Waals surface area contributed by atoms with E-state index in [4.69, 9.17) is 23.2 Å². The first kappa shape index (κ1) is 11.4. The van der Waals surface area contributed by atoms with Crippen LogP contribution in [0.4, 0.5) is 0 Å². The lowest BCUT2D eigenvalue weighted by Crippen LogP contribution is -1.94. The van der Waals surface area contributed by atoms with Gasteiger partial charge in [0, 0.05) is 21.9 Å². The molecule has 0 aliphatic rings. The van der Waals surface area contributed by atoms with Crippen LogP contribution in [0.3, 0.4) is 0 Å². The monoisotopic (exact) mass is 251 g/mol. The highest BCUT2D eigenvalue weighted by atomic mass is 35.5. The maximum absolute atomic E-state index is 6.09. The van der Waals surface area contributed by atoms with Crippen LogP contribution in [0.15, 0.2) is 42.6 Å². The molecule has 0 saturated heterocycles. The zero-order valence-electron chi connectivity index (χ0n) is 8.66. The number of hydrogen-bond donors (Lipinski definition) is 0. The molecule has 0 aliphatic heterocycles. The van der Waals surface area contributed by atoms with Gasteiger partial charge in [0.15, 0.2) is 0 Å². The summed E-state index contributed by atoms with van der Waals surface area (Å²) in [5, 5.41) is 1.40. The molecule has 0 fully saturated rings. The van der Waals surface area contributed by atoms with Gasteiger partial charge in [-0.3, -0.25) is 4.98 Å². The molecular formula is C13H11Cl2N. The van der Waals surface area contributed by atoms with Gasteiger partial charge in [-0.05, 0) is 42.7 Å². The molecule has 16 heavy (non-hydrogen) atoms. The molecule has 0 N–H and O–H groups in total. The van der Waals surface area contributed by atoms with Crippen molar-refractivity contribution >= 4 is 23.2 Å². The van der Waals surface area contributed by atoms with E-state index in [1.807, 2.05) is 30.3 Å².